The third-order valence-corrected chi connectivity index (χ3v) is 3.56. The molecule has 0 radical (unpaired) electrons. The van der Waals surface area contributed by atoms with Gasteiger partial charge in [0.1, 0.15) is 6.04 Å². The van der Waals surface area contributed by atoms with Crippen molar-refractivity contribution >= 4 is 23.5 Å². The average Bonchev–Trinajstić information content (AvgIpc) is 2.59. The molecule has 0 aromatic rings. The number of carbonyl (C=O) groups excluding carboxylic acids is 4. The number of hydrogen-bond acceptors (Lipinski definition) is 4. The molecule has 3 amide bonds. The molecule has 2 atom stereocenters. The highest BCUT2D eigenvalue weighted by Gasteiger charge is 2.29. The van der Waals surface area contributed by atoms with Gasteiger partial charge in [0, 0.05) is 20.4 Å². The monoisotopic (exact) mass is 323 g/mol. The number of allylic oxidation sites excluding steroid dienone is 1. The van der Waals surface area contributed by atoms with E-state index in [1.165, 1.54) is 18.7 Å². The topological polar surface area (TPSA) is 95.6 Å². The van der Waals surface area contributed by atoms with Crippen molar-refractivity contribution in [3.8, 4) is 0 Å². The van der Waals surface area contributed by atoms with Crippen molar-refractivity contribution in [1.82, 2.24) is 15.5 Å². The van der Waals surface area contributed by atoms with Crippen molar-refractivity contribution in [3.05, 3.63) is 11.6 Å². The van der Waals surface area contributed by atoms with Gasteiger partial charge in [0.25, 0.3) is 0 Å². The first kappa shape index (κ1) is 18.9. The average molecular weight is 323 g/mol. The summed E-state index contributed by atoms with van der Waals surface area (Å²) in [6, 6.07) is -1.44. The van der Waals surface area contributed by atoms with E-state index in [1.807, 2.05) is 13.8 Å². The zero-order chi connectivity index (χ0) is 17.6. The van der Waals surface area contributed by atoms with E-state index < -0.39 is 18.0 Å². The van der Waals surface area contributed by atoms with Crippen molar-refractivity contribution in [2.75, 3.05) is 13.1 Å². The number of nitrogens with one attached hydrogen (secondary N) is 2. The zero-order valence-electron chi connectivity index (χ0n) is 14.1. The van der Waals surface area contributed by atoms with Crippen molar-refractivity contribution in [2.24, 2.45) is 0 Å². The second-order valence-corrected chi connectivity index (χ2v) is 6.03. The Morgan fingerprint density at radius 1 is 1.22 bits per heavy atom. The number of carbonyl (C=O) groups is 4. The molecule has 1 rings (SSSR count). The molecule has 0 saturated carbocycles. The van der Waals surface area contributed by atoms with Crippen LogP contribution in [0.25, 0.3) is 0 Å². The Morgan fingerprint density at radius 3 is 2.39 bits per heavy atom. The molecule has 1 aliphatic heterocycles. The maximum absolute atomic E-state index is 12.4. The third kappa shape index (κ3) is 6.22. The summed E-state index contributed by atoms with van der Waals surface area (Å²) in [5, 5.41) is 5.25. The highest BCUT2D eigenvalue weighted by atomic mass is 16.2. The molecule has 0 aliphatic carbocycles. The molecule has 1 heterocycles. The van der Waals surface area contributed by atoms with Gasteiger partial charge in [-0.1, -0.05) is 11.6 Å². The molecular formula is C16H25N3O4. The van der Waals surface area contributed by atoms with Crippen LogP contribution in [0.4, 0.5) is 0 Å². The molecule has 0 aromatic heterocycles. The van der Waals surface area contributed by atoms with Crippen molar-refractivity contribution in [1.29, 1.82) is 0 Å². The van der Waals surface area contributed by atoms with Crippen LogP contribution in [0.5, 0.6) is 0 Å². The minimum absolute atomic E-state index is 0.00767. The number of likely N-dealkylation sites (tertiary alicyclic amines) is 1. The highest BCUT2D eigenvalue weighted by Crippen LogP contribution is 2.09. The number of amides is 3. The molecule has 7 nitrogen and oxygen atoms in total. The van der Waals surface area contributed by atoms with Gasteiger partial charge in [-0.25, -0.2) is 0 Å². The number of Topliss-reactive ketones (excluding diaryl/α,β-unsaturated/α-hetero) is 1. The van der Waals surface area contributed by atoms with E-state index in [2.05, 4.69) is 10.6 Å². The van der Waals surface area contributed by atoms with Crippen LogP contribution in [0.3, 0.4) is 0 Å². The summed E-state index contributed by atoms with van der Waals surface area (Å²) in [5.74, 6) is -1.08. The maximum Gasteiger partial charge on any atom is 0.247 e. The minimum atomic E-state index is -0.808. The van der Waals surface area contributed by atoms with Crippen LogP contribution in [-0.4, -0.2) is 53.6 Å². The lowest BCUT2D eigenvalue weighted by Crippen LogP contribution is -2.51. The lowest BCUT2D eigenvalue weighted by Gasteiger charge is -2.20. The van der Waals surface area contributed by atoms with E-state index in [4.69, 9.17) is 0 Å². The Kier molecular flexibility index (Phi) is 6.93. The molecule has 1 fully saturated rings. The second-order valence-electron chi connectivity index (χ2n) is 6.03. The first-order valence-corrected chi connectivity index (χ1v) is 7.71. The third-order valence-electron chi connectivity index (χ3n) is 3.56. The van der Waals surface area contributed by atoms with Gasteiger partial charge in [-0.2, -0.15) is 0 Å². The van der Waals surface area contributed by atoms with Gasteiger partial charge >= 0.3 is 0 Å². The van der Waals surface area contributed by atoms with E-state index in [1.54, 1.807) is 6.08 Å². The molecular weight excluding hydrogens is 298 g/mol. The molecule has 1 unspecified atom stereocenters. The van der Waals surface area contributed by atoms with Crippen LogP contribution in [-0.2, 0) is 19.2 Å². The van der Waals surface area contributed by atoms with Gasteiger partial charge in [0.2, 0.25) is 17.7 Å². The number of hydrogen-bond donors (Lipinski definition) is 2. The molecule has 1 saturated heterocycles. The number of rotatable bonds is 4. The summed E-state index contributed by atoms with van der Waals surface area (Å²) in [5.41, 5.74) is 0.883. The fraction of sp³-hybridized carbons (Fsp3) is 0.625. The van der Waals surface area contributed by atoms with Crippen molar-refractivity contribution < 1.29 is 19.2 Å². The molecule has 1 aliphatic rings. The Labute approximate surface area is 136 Å². The molecule has 0 spiro atoms. The van der Waals surface area contributed by atoms with Crippen LogP contribution in [0.2, 0.25) is 0 Å². The van der Waals surface area contributed by atoms with E-state index in [9.17, 15) is 19.2 Å². The molecule has 0 aromatic carbocycles. The molecule has 23 heavy (non-hydrogen) atoms. The Morgan fingerprint density at radius 2 is 1.87 bits per heavy atom. The SMILES string of the molecule is CC(=O)N[C@@H](C=C(C)C)C(=O)NC1CCCN(C(C)=O)CC1=O. The van der Waals surface area contributed by atoms with Gasteiger partial charge in [-0.3, -0.25) is 19.2 Å². The summed E-state index contributed by atoms with van der Waals surface area (Å²) in [7, 11) is 0. The lowest BCUT2D eigenvalue weighted by molar-refractivity contribution is -0.134. The lowest BCUT2D eigenvalue weighted by atomic mass is 10.1. The van der Waals surface area contributed by atoms with Crippen LogP contribution >= 0.6 is 0 Å². The predicted molar refractivity (Wildman–Crippen MR) is 85.5 cm³/mol. The largest absolute Gasteiger partial charge is 0.344 e. The summed E-state index contributed by atoms with van der Waals surface area (Å²) in [6.07, 6.45) is 2.76. The Bertz CT molecular complexity index is 523. The first-order valence-electron chi connectivity index (χ1n) is 7.71. The van der Waals surface area contributed by atoms with E-state index in [-0.39, 0.29) is 24.1 Å². The van der Waals surface area contributed by atoms with Crippen LogP contribution in [0, 0.1) is 0 Å². The Balaban J connectivity index is 2.77. The molecule has 7 heteroatoms. The fourth-order valence-electron chi connectivity index (χ4n) is 2.44. The highest BCUT2D eigenvalue weighted by molar-refractivity contribution is 5.95. The summed E-state index contributed by atoms with van der Waals surface area (Å²) in [4.78, 5) is 48.7. The second kappa shape index (κ2) is 8.45. The first-order chi connectivity index (χ1) is 10.7. The smallest absolute Gasteiger partial charge is 0.247 e. The van der Waals surface area contributed by atoms with E-state index in [0.29, 0.717) is 19.4 Å². The van der Waals surface area contributed by atoms with Crippen LogP contribution in [0.15, 0.2) is 11.6 Å². The fourth-order valence-corrected chi connectivity index (χ4v) is 2.44. The number of ketones is 1. The predicted octanol–water partition coefficient (Wildman–Crippen LogP) is 0.154. The van der Waals surface area contributed by atoms with Gasteiger partial charge in [-0.05, 0) is 26.7 Å². The summed E-state index contributed by atoms with van der Waals surface area (Å²) in [6.45, 7) is 6.92. The van der Waals surface area contributed by atoms with Gasteiger partial charge in [-0.15, -0.1) is 0 Å². The minimum Gasteiger partial charge on any atom is -0.344 e. The maximum atomic E-state index is 12.4. The normalized spacial score (nSPS) is 19.4. The summed E-state index contributed by atoms with van der Waals surface area (Å²) >= 11 is 0. The van der Waals surface area contributed by atoms with Crippen LogP contribution in [0.1, 0.15) is 40.5 Å². The van der Waals surface area contributed by atoms with Gasteiger partial charge < -0.3 is 15.5 Å². The van der Waals surface area contributed by atoms with Crippen molar-refractivity contribution in [2.45, 2.75) is 52.6 Å². The van der Waals surface area contributed by atoms with E-state index >= 15 is 0 Å². The van der Waals surface area contributed by atoms with E-state index in [0.717, 1.165) is 5.57 Å². The number of nitrogens with zero attached hydrogens (tertiary/aromatic N) is 1. The van der Waals surface area contributed by atoms with Gasteiger partial charge in [0.05, 0.1) is 12.6 Å². The van der Waals surface area contributed by atoms with Crippen molar-refractivity contribution in [3.63, 3.8) is 0 Å². The van der Waals surface area contributed by atoms with Crippen LogP contribution < -0.4 is 10.6 Å². The quantitative estimate of drug-likeness (QED) is 0.720. The Hall–Kier alpha value is -2.18. The standard InChI is InChI=1S/C16H25N3O4/c1-10(2)8-14(17-11(3)20)16(23)18-13-6-5-7-19(12(4)21)9-15(13)22/h8,13-14H,5-7,9H2,1-4H3,(H,17,20)(H,18,23)/t13?,14-/m0/s1. The molecule has 128 valence electrons. The molecule has 0 bridgehead atoms. The zero-order valence-corrected chi connectivity index (χ0v) is 14.1. The van der Waals surface area contributed by atoms with Gasteiger partial charge in [0.15, 0.2) is 5.78 Å². The molecule has 2 N–H and O–H groups in total. The summed E-state index contributed by atoms with van der Waals surface area (Å²) < 4.78 is 0.